The molecule has 666 valence electrons. The summed E-state index contributed by atoms with van der Waals surface area (Å²) in [6, 6.07) is 0. The van der Waals surface area contributed by atoms with Crippen LogP contribution in [0.15, 0.2) is 0 Å². The van der Waals surface area contributed by atoms with Crippen LogP contribution in [0.1, 0.15) is 510 Å². The first-order chi connectivity index (χ1) is 54.6. The highest BCUT2D eigenvalue weighted by atomic mass is 31.2. The molecule has 0 aliphatic rings. The van der Waals surface area contributed by atoms with Crippen LogP contribution in [0.2, 0.25) is 0 Å². The number of hydrogen-bond acceptors (Lipinski definition) is 15. The molecule has 0 aromatic heterocycles. The summed E-state index contributed by atoms with van der Waals surface area (Å²) in [4.78, 5) is 73.5. The van der Waals surface area contributed by atoms with Gasteiger partial charge in [0.25, 0.3) is 0 Å². The zero-order valence-electron chi connectivity index (χ0n) is 73.8. The fourth-order valence-corrected chi connectivity index (χ4v) is 16.3. The van der Waals surface area contributed by atoms with Crippen molar-refractivity contribution in [2.45, 2.75) is 528 Å². The van der Waals surface area contributed by atoms with E-state index < -0.39 is 97.5 Å². The second-order valence-corrected chi connectivity index (χ2v) is 36.6. The number of esters is 4. The van der Waals surface area contributed by atoms with E-state index in [1.54, 1.807) is 0 Å². The van der Waals surface area contributed by atoms with Crippen molar-refractivity contribution < 1.29 is 80.2 Å². The highest BCUT2D eigenvalue weighted by Crippen LogP contribution is 2.45. The average Bonchev–Trinajstić information content (AvgIpc) is 0.898. The van der Waals surface area contributed by atoms with Crippen LogP contribution in [-0.4, -0.2) is 96.7 Å². The van der Waals surface area contributed by atoms with Gasteiger partial charge in [0, 0.05) is 25.7 Å². The Morgan fingerprint density at radius 3 is 0.634 bits per heavy atom. The van der Waals surface area contributed by atoms with Crippen LogP contribution >= 0.6 is 15.6 Å². The van der Waals surface area contributed by atoms with Gasteiger partial charge in [0.1, 0.15) is 19.3 Å². The van der Waals surface area contributed by atoms with Crippen molar-refractivity contribution >= 4 is 39.5 Å². The number of carbonyl (C=O) groups is 4. The Kier molecular flexibility index (Phi) is 84.0. The molecule has 0 rings (SSSR count). The number of phosphoric ester groups is 2. The van der Waals surface area contributed by atoms with Crippen molar-refractivity contribution in [3.8, 4) is 0 Å². The fraction of sp³-hybridized carbons (Fsp3) is 0.957. The van der Waals surface area contributed by atoms with Crippen LogP contribution in [-0.2, 0) is 65.4 Å². The van der Waals surface area contributed by atoms with E-state index in [4.69, 9.17) is 37.0 Å². The maximum absolute atomic E-state index is 13.2. The predicted octanol–water partition coefficient (Wildman–Crippen LogP) is 29.1. The molecule has 0 aromatic carbocycles. The molecule has 3 unspecified atom stereocenters. The smallest absolute Gasteiger partial charge is 0.462 e. The fourth-order valence-electron chi connectivity index (χ4n) is 14.7. The molecule has 0 aliphatic heterocycles. The summed E-state index contributed by atoms with van der Waals surface area (Å²) in [6.45, 7) is 7.48. The van der Waals surface area contributed by atoms with Gasteiger partial charge >= 0.3 is 39.5 Å². The molecule has 0 heterocycles. The van der Waals surface area contributed by atoms with E-state index in [1.165, 1.54) is 334 Å². The number of ether oxygens (including phenoxy) is 4. The topological polar surface area (TPSA) is 237 Å². The van der Waals surface area contributed by atoms with Crippen LogP contribution in [0.25, 0.3) is 0 Å². The minimum Gasteiger partial charge on any atom is -0.462 e. The standard InChI is InChI=1S/C93H182O17P2/c1-6-10-13-16-19-22-25-28-30-32-33-34-39-42-47-52-57-62-67-72-77-91(96)104-83-89(110-93(98)79-74-69-64-59-54-49-44-40-36-35-38-41-46-50-55-60-65-70-75-86(5)9-4)85-108-112(101,102)106-81-87(94)80-105-111(99,100)107-84-88(82-103-90(95)76-71-66-61-56-51-45-27-24-21-18-15-12-8-3)109-92(97)78-73-68-63-58-53-48-43-37-31-29-26-23-20-17-14-11-7-2/h86-89,94H,6-85H2,1-5H3,(H,99,100)(H,101,102)/t86?,87-,88+,89+/m0/s1. The SMILES string of the molecule is CCCCCCCCCCCCCCCCCCCCCCC(=O)OC[C@H](COP(=O)(O)OC[C@@H](O)COP(=O)(O)OC[C@@H](COC(=O)CCCCCCCCCCCCCCC)OC(=O)CCCCCCCCCCCCCCCCCCC)OC(=O)CCCCCCCCCCCCCCCCCCCCC(C)CC. The Morgan fingerprint density at radius 2 is 0.429 bits per heavy atom. The summed E-state index contributed by atoms with van der Waals surface area (Å²) in [5, 5.41) is 10.7. The van der Waals surface area contributed by atoms with Gasteiger partial charge in [0.15, 0.2) is 12.2 Å². The second-order valence-electron chi connectivity index (χ2n) is 33.6. The summed E-state index contributed by atoms with van der Waals surface area (Å²) >= 11 is 0. The number of hydrogen-bond donors (Lipinski definition) is 3. The minimum atomic E-state index is -4.97. The minimum absolute atomic E-state index is 0.109. The van der Waals surface area contributed by atoms with E-state index in [2.05, 4.69) is 34.6 Å². The Labute approximate surface area is 689 Å². The van der Waals surface area contributed by atoms with Crippen LogP contribution in [0.4, 0.5) is 0 Å². The number of rotatable bonds is 93. The molecule has 0 radical (unpaired) electrons. The van der Waals surface area contributed by atoms with Gasteiger partial charge in [-0.2, -0.15) is 0 Å². The monoisotopic (exact) mass is 1630 g/mol. The molecule has 112 heavy (non-hydrogen) atoms. The summed E-state index contributed by atoms with van der Waals surface area (Å²) in [6.07, 6.45) is 81.9. The largest absolute Gasteiger partial charge is 0.472 e. The lowest BCUT2D eigenvalue weighted by Crippen LogP contribution is -2.30. The van der Waals surface area contributed by atoms with Gasteiger partial charge in [0.2, 0.25) is 0 Å². The molecular weight excluding hydrogens is 1450 g/mol. The number of aliphatic hydroxyl groups is 1. The van der Waals surface area contributed by atoms with Crippen LogP contribution in [0.5, 0.6) is 0 Å². The lowest BCUT2D eigenvalue weighted by atomic mass is 9.99. The van der Waals surface area contributed by atoms with Crippen molar-refractivity contribution in [3.05, 3.63) is 0 Å². The van der Waals surface area contributed by atoms with Crippen molar-refractivity contribution in [2.75, 3.05) is 39.6 Å². The van der Waals surface area contributed by atoms with E-state index in [0.717, 1.165) is 95.8 Å². The van der Waals surface area contributed by atoms with E-state index in [0.29, 0.717) is 25.7 Å². The first kappa shape index (κ1) is 110. The summed E-state index contributed by atoms with van der Waals surface area (Å²) in [5.41, 5.74) is 0. The first-order valence-electron chi connectivity index (χ1n) is 48.2. The molecule has 0 amide bonds. The van der Waals surface area contributed by atoms with Gasteiger partial charge in [-0.25, -0.2) is 9.13 Å². The van der Waals surface area contributed by atoms with Crippen molar-refractivity contribution in [1.29, 1.82) is 0 Å². The number of aliphatic hydroxyl groups excluding tert-OH is 1. The van der Waals surface area contributed by atoms with E-state index in [9.17, 15) is 43.2 Å². The number of carbonyl (C=O) groups excluding carboxylic acids is 4. The maximum atomic E-state index is 13.2. The quantitative estimate of drug-likeness (QED) is 0.0222. The highest BCUT2D eigenvalue weighted by Gasteiger charge is 2.31. The first-order valence-corrected chi connectivity index (χ1v) is 51.2. The van der Waals surface area contributed by atoms with Gasteiger partial charge in [-0.3, -0.25) is 37.3 Å². The Morgan fingerprint density at radius 1 is 0.250 bits per heavy atom. The van der Waals surface area contributed by atoms with Gasteiger partial charge in [-0.15, -0.1) is 0 Å². The van der Waals surface area contributed by atoms with E-state index in [-0.39, 0.29) is 25.7 Å². The average molecular weight is 1630 g/mol. The Bertz CT molecular complexity index is 2120. The summed E-state index contributed by atoms with van der Waals surface area (Å²) in [5.74, 6) is -1.22. The highest BCUT2D eigenvalue weighted by molar-refractivity contribution is 7.47. The Balaban J connectivity index is 5.25. The zero-order chi connectivity index (χ0) is 81.8. The third-order valence-electron chi connectivity index (χ3n) is 22.4. The number of unbranched alkanes of at least 4 members (excludes halogenated alkanes) is 64. The molecule has 0 saturated carbocycles. The molecule has 0 aromatic rings. The van der Waals surface area contributed by atoms with Crippen LogP contribution in [0, 0.1) is 5.92 Å². The molecule has 0 saturated heterocycles. The van der Waals surface area contributed by atoms with Gasteiger partial charge < -0.3 is 33.8 Å². The van der Waals surface area contributed by atoms with Gasteiger partial charge in [0.05, 0.1) is 26.4 Å². The summed E-state index contributed by atoms with van der Waals surface area (Å²) in [7, 11) is -9.94. The summed E-state index contributed by atoms with van der Waals surface area (Å²) < 4.78 is 69.2. The molecular formula is C93H182O17P2. The van der Waals surface area contributed by atoms with Gasteiger partial charge in [-0.05, 0) is 31.6 Å². The van der Waals surface area contributed by atoms with E-state index >= 15 is 0 Å². The van der Waals surface area contributed by atoms with Crippen LogP contribution in [0.3, 0.4) is 0 Å². The molecule has 6 atom stereocenters. The van der Waals surface area contributed by atoms with Crippen molar-refractivity contribution in [1.82, 2.24) is 0 Å². The lowest BCUT2D eigenvalue weighted by Gasteiger charge is -2.21. The third-order valence-corrected chi connectivity index (χ3v) is 24.3. The van der Waals surface area contributed by atoms with Crippen LogP contribution < -0.4 is 0 Å². The molecule has 3 N–H and O–H groups in total. The Hall–Kier alpha value is -1.94. The molecule has 19 heteroatoms. The zero-order valence-corrected chi connectivity index (χ0v) is 75.6. The van der Waals surface area contributed by atoms with Crippen molar-refractivity contribution in [3.63, 3.8) is 0 Å². The van der Waals surface area contributed by atoms with Crippen molar-refractivity contribution in [2.24, 2.45) is 5.92 Å². The number of phosphoric acid groups is 2. The molecule has 0 bridgehead atoms. The molecule has 0 fully saturated rings. The normalized spacial score (nSPS) is 13.9. The maximum Gasteiger partial charge on any atom is 0.472 e. The third kappa shape index (κ3) is 84.5. The van der Waals surface area contributed by atoms with Gasteiger partial charge in [-0.1, -0.05) is 458 Å². The molecule has 0 spiro atoms. The van der Waals surface area contributed by atoms with E-state index in [1.807, 2.05) is 0 Å². The predicted molar refractivity (Wildman–Crippen MR) is 465 cm³/mol. The molecule has 0 aliphatic carbocycles. The second kappa shape index (κ2) is 85.5. The lowest BCUT2D eigenvalue weighted by molar-refractivity contribution is -0.161. The molecule has 17 nitrogen and oxygen atoms in total.